The van der Waals surface area contributed by atoms with Crippen molar-refractivity contribution in [1.82, 2.24) is 10.2 Å². The van der Waals surface area contributed by atoms with E-state index in [2.05, 4.69) is 27.7 Å². The first kappa shape index (κ1) is 18.2. The molecule has 134 valence electrons. The van der Waals surface area contributed by atoms with E-state index in [1.54, 1.807) is 36.6 Å². The molecule has 6 heteroatoms. The molecule has 1 aliphatic rings. The number of amides is 1. The van der Waals surface area contributed by atoms with Gasteiger partial charge in [0.25, 0.3) is 5.91 Å². The Morgan fingerprint density at radius 1 is 1.32 bits per heavy atom. The van der Waals surface area contributed by atoms with Gasteiger partial charge in [0.15, 0.2) is 0 Å². The Bertz CT molecular complexity index is 699. The van der Waals surface area contributed by atoms with Crippen LogP contribution in [0.15, 0.2) is 35.7 Å². The highest BCUT2D eigenvalue weighted by Crippen LogP contribution is 2.28. The molecule has 1 saturated heterocycles. The fourth-order valence-corrected chi connectivity index (χ4v) is 4.34. The molecule has 1 amide bonds. The summed E-state index contributed by atoms with van der Waals surface area (Å²) in [6.45, 7) is 2.78. The molecular formula is C19H23ClN2O2S. The lowest BCUT2D eigenvalue weighted by Gasteiger charge is -2.34. The van der Waals surface area contributed by atoms with Gasteiger partial charge in [0.1, 0.15) is 5.75 Å². The number of nitrogens with one attached hydrogen (secondary N) is 1. The fraction of sp³-hybridized carbons (Fsp3) is 0.421. The zero-order valence-corrected chi connectivity index (χ0v) is 15.9. The lowest BCUT2D eigenvalue weighted by atomic mass is 10.1. The Balaban J connectivity index is 1.68. The van der Waals surface area contributed by atoms with Crippen LogP contribution in [0.3, 0.4) is 0 Å². The van der Waals surface area contributed by atoms with Gasteiger partial charge in [-0.2, -0.15) is 0 Å². The third kappa shape index (κ3) is 4.54. The van der Waals surface area contributed by atoms with Gasteiger partial charge in [-0.1, -0.05) is 24.1 Å². The van der Waals surface area contributed by atoms with E-state index in [4.69, 9.17) is 16.3 Å². The molecule has 1 unspecified atom stereocenters. The average Bonchev–Trinajstić information content (AvgIpc) is 3.17. The molecule has 2 heterocycles. The first-order valence-electron chi connectivity index (χ1n) is 8.58. The lowest BCUT2D eigenvalue weighted by Crippen LogP contribution is -2.40. The van der Waals surface area contributed by atoms with E-state index >= 15 is 0 Å². The molecule has 0 saturated carbocycles. The molecule has 0 aliphatic carbocycles. The number of carbonyl (C=O) groups is 1. The predicted molar refractivity (Wildman–Crippen MR) is 103 cm³/mol. The second kappa shape index (κ2) is 8.70. The van der Waals surface area contributed by atoms with Gasteiger partial charge in [0.05, 0.1) is 18.2 Å². The van der Waals surface area contributed by atoms with Crippen LogP contribution < -0.4 is 10.1 Å². The Morgan fingerprint density at radius 3 is 2.76 bits per heavy atom. The van der Waals surface area contributed by atoms with E-state index in [1.165, 1.54) is 24.1 Å². The number of nitrogens with zero attached hydrogens (tertiary/aromatic N) is 1. The number of hydrogen-bond donors (Lipinski definition) is 1. The molecule has 4 nitrogen and oxygen atoms in total. The van der Waals surface area contributed by atoms with Crippen molar-refractivity contribution in [3.05, 3.63) is 51.2 Å². The number of methoxy groups -OCH3 is 1. The van der Waals surface area contributed by atoms with Crippen molar-refractivity contribution < 1.29 is 9.53 Å². The minimum atomic E-state index is -0.108. The van der Waals surface area contributed by atoms with Gasteiger partial charge in [-0.05, 0) is 55.6 Å². The molecule has 0 spiro atoms. The molecule has 2 aromatic rings. The standard InChI is InChI=1S/C19H23ClN2O2S/c1-24-17-8-7-14(12-15(17)20)19(23)21-13-16(18-6-5-11-25-18)22-9-3-2-4-10-22/h5-8,11-12,16H,2-4,9-10,13H2,1H3,(H,21,23). The van der Waals surface area contributed by atoms with Crippen molar-refractivity contribution in [2.45, 2.75) is 25.3 Å². The number of thiophene rings is 1. The Morgan fingerprint density at radius 2 is 2.12 bits per heavy atom. The van der Waals surface area contributed by atoms with E-state index < -0.39 is 0 Å². The minimum Gasteiger partial charge on any atom is -0.495 e. The monoisotopic (exact) mass is 378 g/mol. The van der Waals surface area contributed by atoms with Gasteiger partial charge in [0.2, 0.25) is 0 Å². The van der Waals surface area contributed by atoms with Gasteiger partial charge < -0.3 is 10.1 Å². The first-order chi connectivity index (χ1) is 12.2. The van der Waals surface area contributed by atoms with E-state index in [0.717, 1.165) is 13.1 Å². The molecule has 1 aromatic heterocycles. The van der Waals surface area contributed by atoms with E-state index in [9.17, 15) is 4.79 Å². The number of piperidine rings is 1. The third-order valence-electron chi connectivity index (χ3n) is 4.57. The fourth-order valence-electron chi connectivity index (χ4n) is 3.22. The maximum Gasteiger partial charge on any atom is 0.251 e. The number of hydrogen-bond acceptors (Lipinski definition) is 4. The van der Waals surface area contributed by atoms with Crippen LogP contribution in [-0.4, -0.2) is 37.6 Å². The Labute approximate surface area is 157 Å². The summed E-state index contributed by atoms with van der Waals surface area (Å²) in [4.78, 5) is 16.3. The second-order valence-corrected chi connectivity index (χ2v) is 7.57. The maximum atomic E-state index is 12.5. The van der Waals surface area contributed by atoms with Crippen LogP contribution in [0.5, 0.6) is 5.75 Å². The van der Waals surface area contributed by atoms with Crippen LogP contribution in [-0.2, 0) is 0 Å². The summed E-state index contributed by atoms with van der Waals surface area (Å²) in [5.41, 5.74) is 0.550. The van der Waals surface area contributed by atoms with Crippen molar-refractivity contribution >= 4 is 28.8 Å². The molecule has 1 aliphatic heterocycles. The molecule has 0 bridgehead atoms. The summed E-state index contributed by atoms with van der Waals surface area (Å²) in [5.74, 6) is 0.464. The summed E-state index contributed by atoms with van der Waals surface area (Å²) in [6.07, 6.45) is 3.75. The van der Waals surface area contributed by atoms with Gasteiger partial charge in [-0.25, -0.2) is 0 Å². The summed E-state index contributed by atoms with van der Waals surface area (Å²) < 4.78 is 5.14. The van der Waals surface area contributed by atoms with Crippen LogP contribution >= 0.6 is 22.9 Å². The molecule has 3 rings (SSSR count). The number of halogens is 1. The largest absolute Gasteiger partial charge is 0.495 e. The zero-order valence-electron chi connectivity index (χ0n) is 14.3. The number of rotatable bonds is 6. The molecule has 1 N–H and O–H groups in total. The normalized spacial score (nSPS) is 16.4. The number of likely N-dealkylation sites (tertiary alicyclic amines) is 1. The van der Waals surface area contributed by atoms with Crippen LogP contribution in [0.25, 0.3) is 0 Å². The smallest absolute Gasteiger partial charge is 0.251 e. The summed E-state index contributed by atoms with van der Waals surface area (Å²) in [7, 11) is 1.56. The van der Waals surface area contributed by atoms with Crippen molar-refractivity contribution in [3.8, 4) is 5.75 Å². The van der Waals surface area contributed by atoms with E-state index in [-0.39, 0.29) is 11.9 Å². The Hall–Kier alpha value is -1.56. The van der Waals surface area contributed by atoms with Crippen molar-refractivity contribution in [2.75, 3.05) is 26.7 Å². The third-order valence-corrected chi connectivity index (χ3v) is 5.84. The summed E-state index contributed by atoms with van der Waals surface area (Å²) >= 11 is 7.88. The van der Waals surface area contributed by atoms with Gasteiger partial charge >= 0.3 is 0 Å². The van der Waals surface area contributed by atoms with Crippen molar-refractivity contribution in [3.63, 3.8) is 0 Å². The van der Waals surface area contributed by atoms with Gasteiger partial charge in [-0.15, -0.1) is 11.3 Å². The average molecular weight is 379 g/mol. The quantitative estimate of drug-likeness (QED) is 0.811. The molecule has 25 heavy (non-hydrogen) atoms. The summed E-state index contributed by atoms with van der Waals surface area (Å²) in [5, 5.41) is 5.62. The molecule has 1 aromatic carbocycles. The SMILES string of the molecule is COc1ccc(C(=O)NCC(c2cccs2)N2CCCCC2)cc1Cl. The molecular weight excluding hydrogens is 356 g/mol. The predicted octanol–water partition coefficient (Wildman–Crippen LogP) is 4.37. The highest BCUT2D eigenvalue weighted by Gasteiger charge is 2.23. The van der Waals surface area contributed by atoms with Crippen LogP contribution in [0.1, 0.15) is 40.5 Å². The van der Waals surface area contributed by atoms with Crippen LogP contribution in [0.4, 0.5) is 0 Å². The number of carbonyl (C=O) groups excluding carboxylic acids is 1. The van der Waals surface area contributed by atoms with Crippen LogP contribution in [0, 0.1) is 0 Å². The maximum absolute atomic E-state index is 12.5. The summed E-state index contributed by atoms with van der Waals surface area (Å²) in [6, 6.07) is 9.57. The second-order valence-electron chi connectivity index (χ2n) is 6.19. The molecule has 1 fully saturated rings. The van der Waals surface area contributed by atoms with Crippen LogP contribution in [0.2, 0.25) is 5.02 Å². The van der Waals surface area contributed by atoms with E-state index in [0.29, 0.717) is 22.9 Å². The number of ether oxygens (including phenoxy) is 1. The van der Waals surface area contributed by atoms with Gasteiger partial charge in [-0.3, -0.25) is 9.69 Å². The van der Waals surface area contributed by atoms with Crippen molar-refractivity contribution in [2.24, 2.45) is 0 Å². The van der Waals surface area contributed by atoms with Gasteiger partial charge in [0, 0.05) is 17.0 Å². The van der Waals surface area contributed by atoms with E-state index in [1.807, 2.05) is 0 Å². The molecule has 0 radical (unpaired) electrons. The zero-order chi connectivity index (χ0) is 17.6. The topological polar surface area (TPSA) is 41.6 Å². The minimum absolute atomic E-state index is 0.108. The van der Waals surface area contributed by atoms with Crippen molar-refractivity contribution in [1.29, 1.82) is 0 Å². The first-order valence-corrected chi connectivity index (χ1v) is 9.84. The highest BCUT2D eigenvalue weighted by atomic mass is 35.5. The lowest BCUT2D eigenvalue weighted by molar-refractivity contribution is 0.0925. The highest BCUT2D eigenvalue weighted by molar-refractivity contribution is 7.10. The Kier molecular flexibility index (Phi) is 6.34. The molecule has 1 atom stereocenters. The number of benzene rings is 1.